The highest BCUT2D eigenvalue weighted by atomic mass is 19.1. The van der Waals surface area contributed by atoms with Crippen molar-refractivity contribution in [3.8, 4) is 0 Å². The SMILES string of the molecule is CCC1(CC)CCN(c2cc(F)cc(F)c2N)C1. The highest BCUT2D eigenvalue weighted by Crippen LogP contribution is 2.41. The molecule has 1 saturated heterocycles. The van der Waals surface area contributed by atoms with Gasteiger partial charge in [0.1, 0.15) is 5.82 Å². The average Bonchev–Trinajstić information content (AvgIpc) is 2.79. The molecular weight excluding hydrogens is 234 g/mol. The van der Waals surface area contributed by atoms with Gasteiger partial charge in [-0.2, -0.15) is 0 Å². The van der Waals surface area contributed by atoms with Crippen LogP contribution in [-0.4, -0.2) is 13.1 Å². The molecule has 1 aromatic rings. The summed E-state index contributed by atoms with van der Waals surface area (Å²) >= 11 is 0. The number of nitrogens with two attached hydrogens (primary N) is 1. The molecule has 1 aromatic carbocycles. The van der Waals surface area contributed by atoms with Crippen molar-refractivity contribution in [2.75, 3.05) is 23.7 Å². The molecule has 18 heavy (non-hydrogen) atoms. The first kappa shape index (κ1) is 13.1. The second-order valence-electron chi connectivity index (χ2n) is 5.20. The first-order chi connectivity index (χ1) is 8.51. The third-order valence-corrected chi connectivity index (χ3v) is 4.35. The van der Waals surface area contributed by atoms with E-state index in [1.165, 1.54) is 6.07 Å². The van der Waals surface area contributed by atoms with Crippen molar-refractivity contribution in [3.63, 3.8) is 0 Å². The number of anilines is 2. The molecule has 1 heterocycles. The Morgan fingerprint density at radius 3 is 2.50 bits per heavy atom. The Morgan fingerprint density at radius 1 is 1.28 bits per heavy atom. The summed E-state index contributed by atoms with van der Waals surface area (Å²) in [5.41, 5.74) is 6.53. The minimum Gasteiger partial charge on any atom is -0.395 e. The van der Waals surface area contributed by atoms with Gasteiger partial charge in [-0.3, -0.25) is 0 Å². The molecule has 1 aliphatic heterocycles. The predicted molar refractivity (Wildman–Crippen MR) is 70.6 cm³/mol. The van der Waals surface area contributed by atoms with Gasteiger partial charge in [0.05, 0.1) is 11.4 Å². The van der Waals surface area contributed by atoms with Crippen LogP contribution in [0, 0.1) is 17.0 Å². The summed E-state index contributed by atoms with van der Waals surface area (Å²) in [7, 11) is 0. The van der Waals surface area contributed by atoms with Crippen LogP contribution in [0.4, 0.5) is 20.2 Å². The summed E-state index contributed by atoms with van der Waals surface area (Å²) in [5.74, 6) is -1.24. The summed E-state index contributed by atoms with van der Waals surface area (Å²) in [5, 5.41) is 0. The van der Waals surface area contributed by atoms with E-state index in [0.29, 0.717) is 5.69 Å². The number of nitrogens with zero attached hydrogens (tertiary/aromatic N) is 1. The Hall–Kier alpha value is -1.32. The molecule has 0 aromatic heterocycles. The van der Waals surface area contributed by atoms with Gasteiger partial charge in [0.25, 0.3) is 0 Å². The quantitative estimate of drug-likeness (QED) is 0.836. The molecule has 2 N–H and O–H groups in total. The van der Waals surface area contributed by atoms with E-state index in [2.05, 4.69) is 13.8 Å². The number of halogens is 2. The molecule has 0 bridgehead atoms. The molecule has 0 saturated carbocycles. The van der Waals surface area contributed by atoms with E-state index in [0.717, 1.165) is 38.4 Å². The summed E-state index contributed by atoms with van der Waals surface area (Å²) in [4.78, 5) is 2.01. The lowest BCUT2D eigenvalue weighted by molar-refractivity contribution is 0.301. The van der Waals surface area contributed by atoms with Crippen molar-refractivity contribution in [2.24, 2.45) is 5.41 Å². The summed E-state index contributed by atoms with van der Waals surface area (Å²) < 4.78 is 26.8. The molecule has 4 heteroatoms. The van der Waals surface area contributed by atoms with Crippen LogP contribution in [0.15, 0.2) is 12.1 Å². The highest BCUT2D eigenvalue weighted by molar-refractivity contribution is 5.68. The fraction of sp³-hybridized carbons (Fsp3) is 0.571. The van der Waals surface area contributed by atoms with Crippen LogP contribution in [0.1, 0.15) is 33.1 Å². The third-order valence-electron chi connectivity index (χ3n) is 4.35. The average molecular weight is 254 g/mol. The Morgan fingerprint density at radius 2 is 1.94 bits per heavy atom. The molecule has 0 radical (unpaired) electrons. The summed E-state index contributed by atoms with van der Waals surface area (Å²) in [6, 6.07) is 2.17. The van der Waals surface area contributed by atoms with Crippen LogP contribution in [0.25, 0.3) is 0 Å². The van der Waals surface area contributed by atoms with Crippen molar-refractivity contribution < 1.29 is 8.78 Å². The van der Waals surface area contributed by atoms with Gasteiger partial charge in [-0.1, -0.05) is 13.8 Å². The lowest BCUT2D eigenvalue weighted by atomic mass is 9.82. The number of nitrogen functional groups attached to an aromatic ring is 1. The molecule has 0 atom stereocenters. The molecule has 0 aliphatic carbocycles. The molecule has 1 aliphatic rings. The minimum absolute atomic E-state index is 0.0550. The van der Waals surface area contributed by atoms with Crippen molar-refractivity contribution in [3.05, 3.63) is 23.8 Å². The fourth-order valence-electron chi connectivity index (χ4n) is 2.80. The van der Waals surface area contributed by atoms with Gasteiger partial charge in [0, 0.05) is 19.2 Å². The zero-order valence-corrected chi connectivity index (χ0v) is 11.0. The highest BCUT2D eigenvalue weighted by Gasteiger charge is 2.35. The zero-order chi connectivity index (χ0) is 13.3. The van der Waals surface area contributed by atoms with Crippen LogP contribution in [-0.2, 0) is 0 Å². The van der Waals surface area contributed by atoms with E-state index < -0.39 is 11.6 Å². The zero-order valence-electron chi connectivity index (χ0n) is 11.0. The predicted octanol–water partition coefficient (Wildman–Crippen LogP) is 3.56. The molecule has 100 valence electrons. The maximum atomic E-state index is 13.5. The molecule has 0 amide bonds. The minimum atomic E-state index is -0.671. The second kappa shape index (κ2) is 4.75. The largest absolute Gasteiger partial charge is 0.395 e. The topological polar surface area (TPSA) is 29.3 Å². The maximum Gasteiger partial charge on any atom is 0.151 e. The first-order valence-electron chi connectivity index (χ1n) is 6.51. The van der Waals surface area contributed by atoms with Gasteiger partial charge in [0.2, 0.25) is 0 Å². The Kier molecular flexibility index (Phi) is 3.46. The number of rotatable bonds is 3. The van der Waals surface area contributed by atoms with Crippen LogP contribution >= 0.6 is 0 Å². The molecular formula is C14H20F2N2. The van der Waals surface area contributed by atoms with Crippen LogP contribution in [0.5, 0.6) is 0 Å². The lowest BCUT2D eigenvalue weighted by Gasteiger charge is -2.27. The van der Waals surface area contributed by atoms with Gasteiger partial charge in [0.15, 0.2) is 5.82 Å². The Bertz CT molecular complexity index is 442. The van der Waals surface area contributed by atoms with Gasteiger partial charge in [-0.25, -0.2) is 8.78 Å². The van der Waals surface area contributed by atoms with E-state index in [1.807, 2.05) is 4.90 Å². The van der Waals surface area contributed by atoms with Crippen LogP contribution in [0.3, 0.4) is 0 Å². The van der Waals surface area contributed by atoms with Gasteiger partial charge in [-0.15, -0.1) is 0 Å². The van der Waals surface area contributed by atoms with Gasteiger partial charge >= 0.3 is 0 Å². The molecule has 2 nitrogen and oxygen atoms in total. The van der Waals surface area contributed by atoms with Gasteiger partial charge < -0.3 is 10.6 Å². The molecule has 1 fully saturated rings. The van der Waals surface area contributed by atoms with Crippen molar-refractivity contribution in [1.29, 1.82) is 0 Å². The maximum absolute atomic E-state index is 13.5. The summed E-state index contributed by atoms with van der Waals surface area (Å²) in [6.45, 7) is 5.98. The lowest BCUT2D eigenvalue weighted by Crippen LogP contribution is -2.27. The second-order valence-corrected chi connectivity index (χ2v) is 5.20. The monoisotopic (exact) mass is 254 g/mol. The molecule has 0 unspecified atom stereocenters. The Balaban J connectivity index is 2.29. The molecule has 2 rings (SSSR count). The van der Waals surface area contributed by atoms with Crippen molar-refractivity contribution in [2.45, 2.75) is 33.1 Å². The van der Waals surface area contributed by atoms with Crippen molar-refractivity contribution >= 4 is 11.4 Å². The van der Waals surface area contributed by atoms with Crippen LogP contribution in [0.2, 0.25) is 0 Å². The van der Waals surface area contributed by atoms with E-state index in [4.69, 9.17) is 5.73 Å². The normalized spacial score (nSPS) is 18.3. The number of benzene rings is 1. The summed E-state index contributed by atoms with van der Waals surface area (Å²) in [6.07, 6.45) is 3.22. The first-order valence-corrected chi connectivity index (χ1v) is 6.51. The van der Waals surface area contributed by atoms with Crippen molar-refractivity contribution in [1.82, 2.24) is 0 Å². The van der Waals surface area contributed by atoms with E-state index in [1.54, 1.807) is 0 Å². The standard InChI is InChI=1S/C14H20F2N2/c1-3-14(4-2)5-6-18(9-14)12-8-10(15)7-11(16)13(12)17/h7-8H,3-6,9,17H2,1-2H3. The van der Waals surface area contributed by atoms with Gasteiger partial charge in [-0.05, 0) is 30.7 Å². The van der Waals surface area contributed by atoms with Crippen LogP contribution < -0.4 is 10.6 Å². The number of hydrogen-bond donors (Lipinski definition) is 1. The van der Waals surface area contributed by atoms with E-state index in [-0.39, 0.29) is 11.1 Å². The Labute approximate surface area is 107 Å². The fourth-order valence-corrected chi connectivity index (χ4v) is 2.80. The van der Waals surface area contributed by atoms with E-state index in [9.17, 15) is 8.78 Å². The molecule has 0 spiro atoms. The smallest absolute Gasteiger partial charge is 0.151 e. The third kappa shape index (κ3) is 2.16. The van der Waals surface area contributed by atoms with E-state index >= 15 is 0 Å². The number of hydrogen-bond acceptors (Lipinski definition) is 2.